The van der Waals surface area contributed by atoms with Crippen molar-refractivity contribution in [1.82, 2.24) is 9.29 Å². The Bertz CT molecular complexity index is 727. The van der Waals surface area contributed by atoms with Gasteiger partial charge in [0.15, 0.2) is 0 Å². The van der Waals surface area contributed by atoms with Crippen molar-refractivity contribution in [2.24, 2.45) is 0 Å². The minimum Gasteiger partial charge on any atom is -0.260 e. The molecule has 1 saturated heterocycles. The maximum atomic E-state index is 13.0. The highest BCUT2D eigenvalue weighted by Crippen LogP contribution is 2.34. The van der Waals surface area contributed by atoms with Crippen LogP contribution in [0, 0.1) is 6.92 Å². The summed E-state index contributed by atoms with van der Waals surface area (Å²) >= 11 is 0. The number of hydrogen-bond acceptors (Lipinski definition) is 3. The average molecular weight is 316 g/mol. The topological polar surface area (TPSA) is 50.3 Å². The van der Waals surface area contributed by atoms with Gasteiger partial charge >= 0.3 is 0 Å². The molecular weight excluding hydrogens is 296 g/mol. The molecule has 0 unspecified atom stereocenters. The van der Waals surface area contributed by atoms with E-state index in [1.54, 1.807) is 22.6 Å². The zero-order valence-electron chi connectivity index (χ0n) is 12.6. The van der Waals surface area contributed by atoms with Crippen LogP contribution in [0.15, 0.2) is 53.6 Å². The second kappa shape index (κ2) is 6.18. The lowest BCUT2D eigenvalue weighted by atomic mass is 10.0. The third kappa shape index (κ3) is 2.91. The van der Waals surface area contributed by atoms with Crippen molar-refractivity contribution >= 4 is 10.0 Å². The van der Waals surface area contributed by atoms with E-state index in [1.807, 2.05) is 37.3 Å². The van der Waals surface area contributed by atoms with Gasteiger partial charge in [-0.25, -0.2) is 8.42 Å². The average Bonchev–Trinajstić information content (AvgIpc) is 2.56. The van der Waals surface area contributed by atoms with Crippen molar-refractivity contribution in [2.45, 2.75) is 37.1 Å². The lowest BCUT2D eigenvalue weighted by molar-refractivity contribution is 0.251. The van der Waals surface area contributed by atoms with Crippen LogP contribution in [0.5, 0.6) is 0 Å². The van der Waals surface area contributed by atoms with Crippen molar-refractivity contribution in [3.8, 4) is 0 Å². The molecule has 5 heteroatoms. The van der Waals surface area contributed by atoms with Crippen molar-refractivity contribution in [3.63, 3.8) is 0 Å². The van der Waals surface area contributed by atoms with Gasteiger partial charge in [0.05, 0.1) is 16.6 Å². The minimum atomic E-state index is -3.48. The molecule has 3 rings (SSSR count). The van der Waals surface area contributed by atoms with Gasteiger partial charge in [0.2, 0.25) is 10.0 Å². The predicted molar refractivity (Wildman–Crippen MR) is 85.9 cm³/mol. The zero-order valence-corrected chi connectivity index (χ0v) is 13.5. The molecule has 22 heavy (non-hydrogen) atoms. The summed E-state index contributed by atoms with van der Waals surface area (Å²) in [4.78, 5) is 4.73. The molecule has 0 aliphatic carbocycles. The second-order valence-corrected chi connectivity index (χ2v) is 7.59. The molecule has 0 saturated carbocycles. The van der Waals surface area contributed by atoms with Crippen molar-refractivity contribution in [3.05, 3.63) is 59.9 Å². The summed E-state index contributed by atoms with van der Waals surface area (Å²) in [5.74, 6) is 0. The summed E-state index contributed by atoms with van der Waals surface area (Å²) in [6.07, 6.45) is 4.47. The van der Waals surface area contributed by atoms with E-state index in [4.69, 9.17) is 0 Å². The predicted octanol–water partition coefficient (Wildman–Crippen LogP) is 3.31. The van der Waals surface area contributed by atoms with Gasteiger partial charge in [-0.15, -0.1) is 0 Å². The first-order chi connectivity index (χ1) is 10.6. The van der Waals surface area contributed by atoms with Crippen LogP contribution in [0.4, 0.5) is 0 Å². The van der Waals surface area contributed by atoms with Crippen LogP contribution in [-0.2, 0) is 10.0 Å². The molecule has 116 valence electrons. The molecule has 0 N–H and O–H groups in total. The molecule has 1 aliphatic rings. The van der Waals surface area contributed by atoms with Gasteiger partial charge in [-0.05, 0) is 44.0 Å². The van der Waals surface area contributed by atoms with E-state index in [-0.39, 0.29) is 6.04 Å². The van der Waals surface area contributed by atoms with E-state index in [0.717, 1.165) is 30.5 Å². The van der Waals surface area contributed by atoms with Crippen LogP contribution in [0.25, 0.3) is 0 Å². The summed E-state index contributed by atoms with van der Waals surface area (Å²) in [6, 6.07) is 12.6. The third-order valence-corrected chi connectivity index (χ3v) is 6.03. The summed E-state index contributed by atoms with van der Waals surface area (Å²) in [5, 5.41) is 0. The molecule has 1 aromatic carbocycles. The van der Waals surface area contributed by atoms with Crippen LogP contribution in [0.3, 0.4) is 0 Å². The van der Waals surface area contributed by atoms with Crippen LogP contribution in [0.1, 0.15) is 36.6 Å². The Balaban J connectivity index is 1.98. The van der Waals surface area contributed by atoms with E-state index in [2.05, 4.69) is 4.98 Å². The molecule has 0 amide bonds. The third-order valence-electron chi connectivity index (χ3n) is 4.11. The second-order valence-electron chi connectivity index (χ2n) is 5.69. The fourth-order valence-electron chi connectivity index (χ4n) is 2.91. The SMILES string of the molecule is Cc1ccc(S(=O)(=O)N2CCCC[C@H]2c2ccccn2)cc1. The van der Waals surface area contributed by atoms with Crippen LogP contribution in [-0.4, -0.2) is 24.3 Å². The first kappa shape index (κ1) is 15.2. The lowest BCUT2D eigenvalue weighted by Gasteiger charge is -2.34. The number of piperidine rings is 1. The monoisotopic (exact) mass is 316 g/mol. The quantitative estimate of drug-likeness (QED) is 0.873. The summed E-state index contributed by atoms with van der Waals surface area (Å²) < 4.78 is 27.6. The number of aromatic nitrogens is 1. The first-order valence-electron chi connectivity index (χ1n) is 7.58. The molecular formula is C17H20N2O2S. The smallest absolute Gasteiger partial charge is 0.243 e. The number of nitrogens with zero attached hydrogens (tertiary/aromatic N) is 2. The first-order valence-corrected chi connectivity index (χ1v) is 9.02. The van der Waals surface area contributed by atoms with Gasteiger partial charge in [0.25, 0.3) is 0 Å². The van der Waals surface area contributed by atoms with Crippen molar-refractivity contribution < 1.29 is 8.42 Å². The number of pyridine rings is 1. The fraction of sp³-hybridized carbons (Fsp3) is 0.353. The van der Waals surface area contributed by atoms with Gasteiger partial charge in [-0.1, -0.05) is 30.2 Å². The van der Waals surface area contributed by atoms with E-state index in [1.165, 1.54) is 0 Å². The van der Waals surface area contributed by atoms with E-state index in [0.29, 0.717) is 11.4 Å². The van der Waals surface area contributed by atoms with Crippen LogP contribution >= 0.6 is 0 Å². The Kier molecular flexibility index (Phi) is 4.27. The highest BCUT2D eigenvalue weighted by molar-refractivity contribution is 7.89. The number of aryl methyl sites for hydroxylation is 1. The molecule has 1 aliphatic heterocycles. The van der Waals surface area contributed by atoms with Crippen molar-refractivity contribution in [2.75, 3.05) is 6.54 Å². The largest absolute Gasteiger partial charge is 0.260 e. The maximum absolute atomic E-state index is 13.0. The van der Waals surface area contributed by atoms with E-state index < -0.39 is 10.0 Å². The summed E-state index contributed by atoms with van der Waals surface area (Å²) in [5.41, 5.74) is 1.89. The lowest BCUT2D eigenvalue weighted by Crippen LogP contribution is -2.38. The molecule has 2 aromatic rings. The van der Waals surface area contributed by atoms with Gasteiger partial charge in [-0.2, -0.15) is 4.31 Å². The van der Waals surface area contributed by atoms with E-state index in [9.17, 15) is 8.42 Å². The molecule has 2 heterocycles. The van der Waals surface area contributed by atoms with E-state index >= 15 is 0 Å². The summed E-state index contributed by atoms with van der Waals surface area (Å²) in [6.45, 7) is 2.51. The highest BCUT2D eigenvalue weighted by atomic mass is 32.2. The molecule has 1 aromatic heterocycles. The van der Waals surface area contributed by atoms with Gasteiger partial charge in [-0.3, -0.25) is 4.98 Å². The van der Waals surface area contributed by atoms with Crippen LogP contribution < -0.4 is 0 Å². The van der Waals surface area contributed by atoms with Crippen molar-refractivity contribution in [1.29, 1.82) is 0 Å². The zero-order chi connectivity index (χ0) is 15.6. The normalized spacial score (nSPS) is 20.0. The van der Waals surface area contributed by atoms with Gasteiger partial charge in [0, 0.05) is 12.7 Å². The maximum Gasteiger partial charge on any atom is 0.243 e. The molecule has 1 atom stereocenters. The fourth-order valence-corrected chi connectivity index (χ4v) is 4.58. The standard InChI is InChI=1S/C17H20N2O2S/c1-14-8-10-15(11-9-14)22(20,21)19-13-5-3-7-17(19)16-6-2-4-12-18-16/h2,4,6,8-12,17H,3,5,7,13H2,1H3/t17-/m0/s1. The van der Waals surface area contributed by atoms with Gasteiger partial charge in [0.1, 0.15) is 0 Å². The van der Waals surface area contributed by atoms with Gasteiger partial charge < -0.3 is 0 Å². The Labute approximate surface area is 131 Å². The minimum absolute atomic E-state index is 0.166. The Hall–Kier alpha value is -1.72. The van der Waals surface area contributed by atoms with Crippen LogP contribution in [0.2, 0.25) is 0 Å². The Morgan fingerprint density at radius 3 is 2.55 bits per heavy atom. The summed E-state index contributed by atoms with van der Waals surface area (Å²) in [7, 11) is -3.48. The highest BCUT2D eigenvalue weighted by Gasteiger charge is 2.34. The Morgan fingerprint density at radius 2 is 1.86 bits per heavy atom. The molecule has 0 radical (unpaired) electrons. The number of rotatable bonds is 3. The molecule has 1 fully saturated rings. The number of sulfonamides is 1. The Morgan fingerprint density at radius 1 is 1.09 bits per heavy atom. The number of benzene rings is 1. The number of hydrogen-bond donors (Lipinski definition) is 0. The molecule has 0 bridgehead atoms. The molecule has 0 spiro atoms. The molecule has 4 nitrogen and oxygen atoms in total.